The Kier molecular flexibility index (Phi) is 3.10. The average molecular weight is 236 g/mol. The molecule has 0 unspecified atom stereocenters. The van der Waals surface area contributed by atoms with E-state index in [0.717, 1.165) is 12.1 Å². The fourth-order valence-electron chi connectivity index (χ4n) is 1.50. The topological polar surface area (TPSA) is 46.0 Å². The zero-order valence-corrected chi connectivity index (χ0v) is 9.11. The summed E-state index contributed by atoms with van der Waals surface area (Å²) in [4.78, 5) is 8.03. The van der Waals surface area contributed by atoms with Crippen molar-refractivity contribution in [3.63, 3.8) is 0 Å². The molecule has 0 fully saturated rings. The van der Waals surface area contributed by atoms with Crippen molar-refractivity contribution in [2.45, 2.75) is 13.5 Å². The van der Waals surface area contributed by atoms with Gasteiger partial charge in [0.2, 0.25) is 0 Å². The second kappa shape index (κ2) is 4.55. The zero-order chi connectivity index (χ0) is 12.4. The van der Waals surface area contributed by atoms with Crippen molar-refractivity contribution in [1.82, 2.24) is 9.97 Å². The first-order valence-corrected chi connectivity index (χ1v) is 5.01. The molecule has 1 aromatic carbocycles. The van der Waals surface area contributed by atoms with E-state index in [2.05, 4.69) is 9.97 Å². The van der Waals surface area contributed by atoms with Crippen molar-refractivity contribution in [3.05, 3.63) is 47.4 Å². The molecule has 0 amide bonds. The van der Waals surface area contributed by atoms with Crippen LogP contribution in [-0.2, 0) is 6.61 Å². The summed E-state index contributed by atoms with van der Waals surface area (Å²) in [6, 6.07) is 5.19. The summed E-state index contributed by atoms with van der Waals surface area (Å²) in [5.74, 6) is -1.57. The molecular weight excluding hydrogens is 226 g/mol. The van der Waals surface area contributed by atoms with Gasteiger partial charge in [-0.05, 0) is 31.2 Å². The third-order valence-corrected chi connectivity index (χ3v) is 2.26. The highest BCUT2D eigenvalue weighted by Gasteiger charge is 2.07. The molecule has 0 aliphatic carbocycles. The molecule has 0 aliphatic rings. The molecule has 0 saturated carbocycles. The molecule has 2 aromatic rings. The summed E-state index contributed by atoms with van der Waals surface area (Å²) >= 11 is 0. The molecule has 0 radical (unpaired) electrons. The first-order valence-electron chi connectivity index (χ1n) is 5.01. The Balaban J connectivity index is 2.52. The Hall–Kier alpha value is -1.88. The molecule has 0 bridgehead atoms. The van der Waals surface area contributed by atoms with Crippen LogP contribution in [0.15, 0.2) is 24.3 Å². The first kappa shape index (κ1) is 11.6. The zero-order valence-electron chi connectivity index (χ0n) is 9.11. The smallest absolute Gasteiger partial charge is 0.159 e. The van der Waals surface area contributed by atoms with Crippen molar-refractivity contribution in [2.24, 2.45) is 0 Å². The van der Waals surface area contributed by atoms with E-state index < -0.39 is 11.6 Å². The number of aliphatic hydroxyl groups is 1. The van der Waals surface area contributed by atoms with Gasteiger partial charge in [-0.2, -0.15) is 0 Å². The molecule has 1 aromatic heterocycles. The van der Waals surface area contributed by atoms with Crippen molar-refractivity contribution in [2.75, 3.05) is 0 Å². The number of benzene rings is 1. The summed E-state index contributed by atoms with van der Waals surface area (Å²) in [6.45, 7) is 1.45. The molecule has 1 heterocycles. The van der Waals surface area contributed by atoms with Crippen LogP contribution in [0.2, 0.25) is 0 Å². The molecule has 0 atom stereocenters. The van der Waals surface area contributed by atoms with Crippen LogP contribution in [0.5, 0.6) is 0 Å². The van der Waals surface area contributed by atoms with Gasteiger partial charge < -0.3 is 5.11 Å². The number of hydrogen-bond acceptors (Lipinski definition) is 3. The molecule has 88 valence electrons. The Morgan fingerprint density at radius 2 is 1.88 bits per heavy atom. The molecule has 2 rings (SSSR count). The SMILES string of the molecule is Cc1cc(-c2ccc(F)c(F)c2)nc(CO)n1. The minimum Gasteiger partial charge on any atom is -0.388 e. The Labute approximate surface area is 96.8 Å². The summed E-state index contributed by atoms with van der Waals surface area (Å²) in [6.07, 6.45) is 0. The van der Waals surface area contributed by atoms with Crippen LogP contribution in [0.25, 0.3) is 11.3 Å². The lowest BCUT2D eigenvalue weighted by Gasteiger charge is -2.05. The summed E-state index contributed by atoms with van der Waals surface area (Å²) in [7, 11) is 0. The molecule has 0 aliphatic heterocycles. The van der Waals surface area contributed by atoms with Crippen molar-refractivity contribution in [1.29, 1.82) is 0 Å². The molecular formula is C12H10F2N2O. The third kappa shape index (κ3) is 2.45. The van der Waals surface area contributed by atoms with Crippen molar-refractivity contribution < 1.29 is 13.9 Å². The van der Waals surface area contributed by atoms with Gasteiger partial charge in [-0.3, -0.25) is 0 Å². The van der Waals surface area contributed by atoms with E-state index in [1.807, 2.05) is 0 Å². The van der Waals surface area contributed by atoms with Crippen LogP contribution in [0.3, 0.4) is 0 Å². The highest BCUT2D eigenvalue weighted by atomic mass is 19.2. The van der Waals surface area contributed by atoms with Gasteiger partial charge in [-0.1, -0.05) is 0 Å². The standard InChI is InChI=1S/C12H10F2N2O/c1-7-4-11(16-12(6-17)15-7)8-2-3-9(13)10(14)5-8/h2-5,17H,6H2,1H3. The van der Waals surface area contributed by atoms with E-state index in [4.69, 9.17) is 5.11 Å². The molecule has 0 saturated heterocycles. The van der Waals surface area contributed by atoms with E-state index in [1.54, 1.807) is 13.0 Å². The minimum absolute atomic E-state index is 0.254. The number of nitrogens with zero attached hydrogens (tertiary/aromatic N) is 2. The van der Waals surface area contributed by atoms with E-state index in [-0.39, 0.29) is 12.4 Å². The number of hydrogen-bond donors (Lipinski definition) is 1. The third-order valence-electron chi connectivity index (χ3n) is 2.26. The number of aromatic nitrogens is 2. The van der Waals surface area contributed by atoms with Crippen LogP contribution >= 0.6 is 0 Å². The quantitative estimate of drug-likeness (QED) is 0.869. The number of aliphatic hydroxyl groups excluding tert-OH is 1. The normalized spacial score (nSPS) is 10.6. The maximum Gasteiger partial charge on any atom is 0.159 e. The lowest BCUT2D eigenvalue weighted by atomic mass is 10.1. The largest absolute Gasteiger partial charge is 0.388 e. The Morgan fingerprint density at radius 1 is 1.12 bits per heavy atom. The predicted molar refractivity (Wildman–Crippen MR) is 58.0 cm³/mol. The van der Waals surface area contributed by atoms with Gasteiger partial charge in [-0.15, -0.1) is 0 Å². The van der Waals surface area contributed by atoms with Gasteiger partial charge in [0.1, 0.15) is 6.61 Å². The number of aryl methyl sites for hydroxylation is 1. The van der Waals surface area contributed by atoms with Crippen LogP contribution in [0, 0.1) is 18.6 Å². The monoisotopic (exact) mass is 236 g/mol. The Bertz CT molecular complexity index is 558. The molecule has 5 heteroatoms. The predicted octanol–water partition coefficient (Wildman–Crippen LogP) is 2.22. The van der Waals surface area contributed by atoms with Crippen LogP contribution < -0.4 is 0 Å². The highest BCUT2D eigenvalue weighted by molar-refractivity contribution is 5.59. The summed E-state index contributed by atoms with van der Waals surface area (Å²) in [5.41, 5.74) is 1.56. The van der Waals surface area contributed by atoms with E-state index in [1.165, 1.54) is 6.07 Å². The van der Waals surface area contributed by atoms with E-state index in [0.29, 0.717) is 17.0 Å². The van der Waals surface area contributed by atoms with Gasteiger partial charge in [0.25, 0.3) is 0 Å². The van der Waals surface area contributed by atoms with Gasteiger partial charge in [0, 0.05) is 11.3 Å². The van der Waals surface area contributed by atoms with Crippen molar-refractivity contribution >= 4 is 0 Å². The fraction of sp³-hybridized carbons (Fsp3) is 0.167. The Morgan fingerprint density at radius 3 is 2.53 bits per heavy atom. The van der Waals surface area contributed by atoms with Gasteiger partial charge in [0.15, 0.2) is 17.5 Å². The fourth-order valence-corrected chi connectivity index (χ4v) is 1.50. The van der Waals surface area contributed by atoms with Crippen molar-refractivity contribution in [3.8, 4) is 11.3 Å². The highest BCUT2D eigenvalue weighted by Crippen LogP contribution is 2.20. The molecule has 17 heavy (non-hydrogen) atoms. The summed E-state index contributed by atoms with van der Waals surface area (Å²) in [5, 5.41) is 8.97. The lowest BCUT2D eigenvalue weighted by molar-refractivity contribution is 0.271. The van der Waals surface area contributed by atoms with Gasteiger partial charge in [0.05, 0.1) is 5.69 Å². The molecule has 1 N–H and O–H groups in total. The maximum atomic E-state index is 13.1. The lowest BCUT2D eigenvalue weighted by Crippen LogP contribution is -1.99. The first-order chi connectivity index (χ1) is 8.10. The van der Waals surface area contributed by atoms with Crippen LogP contribution in [-0.4, -0.2) is 15.1 Å². The number of rotatable bonds is 2. The van der Waals surface area contributed by atoms with Gasteiger partial charge >= 0.3 is 0 Å². The van der Waals surface area contributed by atoms with Crippen LogP contribution in [0.1, 0.15) is 11.5 Å². The minimum atomic E-state index is -0.927. The average Bonchev–Trinajstić information content (AvgIpc) is 2.32. The molecule has 0 spiro atoms. The van der Waals surface area contributed by atoms with Crippen LogP contribution in [0.4, 0.5) is 8.78 Å². The molecule has 3 nitrogen and oxygen atoms in total. The van der Waals surface area contributed by atoms with E-state index in [9.17, 15) is 8.78 Å². The maximum absolute atomic E-state index is 13.1. The number of halogens is 2. The summed E-state index contributed by atoms with van der Waals surface area (Å²) < 4.78 is 25.9. The second-order valence-electron chi connectivity index (χ2n) is 3.60. The second-order valence-corrected chi connectivity index (χ2v) is 3.60. The van der Waals surface area contributed by atoms with E-state index >= 15 is 0 Å². The van der Waals surface area contributed by atoms with Gasteiger partial charge in [-0.25, -0.2) is 18.7 Å².